The van der Waals surface area contributed by atoms with Gasteiger partial charge in [0.05, 0.1) is 12.7 Å². The average Bonchev–Trinajstić information content (AvgIpc) is 2.37. The predicted octanol–water partition coefficient (Wildman–Crippen LogP) is 0.624. The van der Waals surface area contributed by atoms with Crippen LogP contribution in [0.15, 0.2) is 4.99 Å². The Morgan fingerprint density at radius 1 is 1.56 bits per heavy atom. The molecule has 1 aliphatic rings. The maximum atomic E-state index is 5.73. The van der Waals surface area contributed by atoms with Crippen molar-refractivity contribution < 1.29 is 4.74 Å². The first-order chi connectivity index (χ1) is 8.67. The summed E-state index contributed by atoms with van der Waals surface area (Å²) in [5, 5.41) is 3.39. The van der Waals surface area contributed by atoms with Gasteiger partial charge in [0.25, 0.3) is 0 Å². The maximum absolute atomic E-state index is 5.73. The molecular formula is C13H28N4O. The summed E-state index contributed by atoms with van der Waals surface area (Å²) < 4.78 is 5.73. The lowest BCUT2D eigenvalue weighted by Gasteiger charge is -2.31. The van der Waals surface area contributed by atoms with Crippen LogP contribution in [0.5, 0.6) is 0 Å². The molecule has 0 aromatic heterocycles. The van der Waals surface area contributed by atoms with Gasteiger partial charge >= 0.3 is 0 Å². The highest BCUT2D eigenvalue weighted by Crippen LogP contribution is 2.02. The van der Waals surface area contributed by atoms with E-state index in [1.54, 1.807) is 0 Å². The van der Waals surface area contributed by atoms with E-state index < -0.39 is 0 Å². The Balaban J connectivity index is 2.30. The normalized spacial score (nSPS) is 22.0. The van der Waals surface area contributed by atoms with E-state index >= 15 is 0 Å². The number of nitrogens with one attached hydrogen (secondary N) is 1. The summed E-state index contributed by atoms with van der Waals surface area (Å²) in [6, 6.07) is 0. The zero-order valence-corrected chi connectivity index (χ0v) is 12.3. The predicted molar refractivity (Wildman–Crippen MR) is 76.1 cm³/mol. The molecule has 1 N–H and O–H groups in total. The number of unbranched alkanes of at least 4 members (excludes halogenated alkanes) is 1. The van der Waals surface area contributed by atoms with E-state index in [9.17, 15) is 0 Å². The first-order valence-corrected chi connectivity index (χ1v) is 6.89. The van der Waals surface area contributed by atoms with Crippen molar-refractivity contribution in [1.29, 1.82) is 0 Å². The molecule has 0 saturated carbocycles. The van der Waals surface area contributed by atoms with Crippen molar-refractivity contribution >= 4 is 5.96 Å². The standard InChI is InChI=1S/C13H28N4O/c1-5-6-7-17(4)13(14-2)15-10-12-11-16(3)8-9-18-12/h12H,5-11H2,1-4H3,(H,14,15). The number of nitrogens with zero attached hydrogens (tertiary/aromatic N) is 3. The van der Waals surface area contributed by atoms with Crippen molar-refractivity contribution in [3.05, 3.63) is 0 Å². The fourth-order valence-corrected chi connectivity index (χ4v) is 2.08. The van der Waals surface area contributed by atoms with Gasteiger partial charge in [0.2, 0.25) is 0 Å². The fourth-order valence-electron chi connectivity index (χ4n) is 2.08. The third kappa shape index (κ3) is 5.23. The number of guanidine groups is 1. The molecule has 1 unspecified atom stereocenters. The molecular weight excluding hydrogens is 228 g/mol. The van der Waals surface area contributed by atoms with Crippen molar-refractivity contribution in [2.24, 2.45) is 4.99 Å². The van der Waals surface area contributed by atoms with Crippen LogP contribution in [0.4, 0.5) is 0 Å². The third-order valence-corrected chi connectivity index (χ3v) is 3.25. The van der Waals surface area contributed by atoms with Crippen LogP contribution in [0.25, 0.3) is 0 Å². The van der Waals surface area contributed by atoms with Gasteiger partial charge in [-0.05, 0) is 13.5 Å². The molecule has 106 valence electrons. The zero-order valence-electron chi connectivity index (χ0n) is 12.3. The summed E-state index contributed by atoms with van der Waals surface area (Å²) in [6.45, 7) is 6.92. The second-order valence-corrected chi connectivity index (χ2v) is 4.96. The lowest BCUT2D eigenvalue weighted by molar-refractivity contribution is -0.0163. The summed E-state index contributed by atoms with van der Waals surface area (Å²) in [7, 11) is 6.05. The average molecular weight is 256 g/mol. The summed E-state index contributed by atoms with van der Waals surface area (Å²) in [5.41, 5.74) is 0. The van der Waals surface area contributed by atoms with Crippen molar-refractivity contribution in [1.82, 2.24) is 15.1 Å². The molecule has 5 nitrogen and oxygen atoms in total. The minimum atomic E-state index is 0.264. The first kappa shape index (κ1) is 15.2. The first-order valence-electron chi connectivity index (χ1n) is 6.89. The zero-order chi connectivity index (χ0) is 13.4. The van der Waals surface area contributed by atoms with Crippen LogP contribution in [-0.2, 0) is 4.74 Å². The van der Waals surface area contributed by atoms with Gasteiger partial charge in [-0.3, -0.25) is 4.99 Å². The van der Waals surface area contributed by atoms with Crippen LogP contribution < -0.4 is 5.32 Å². The highest BCUT2D eigenvalue weighted by molar-refractivity contribution is 5.79. The van der Waals surface area contributed by atoms with Crippen molar-refractivity contribution in [3.63, 3.8) is 0 Å². The largest absolute Gasteiger partial charge is 0.374 e. The lowest BCUT2D eigenvalue weighted by Crippen LogP contribution is -2.48. The highest BCUT2D eigenvalue weighted by Gasteiger charge is 2.18. The second-order valence-electron chi connectivity index (χ2n) is 4.96. The summed E-state index contributed by atoms with van der Waals surface area (Å²) in [4.78, 5) is 8.79. The van der Waals surface area contributed by atoms with E-state index in [0.29, 0.717) is 0 Å². The van der Waals surface area contributed by atoms with Gasteiger partial charge < -0.3 is 19.9 Å². The fraction of sp³-hybridized carbons (Fsp3) is 0.923. The number of rotatable bonds is 5. The molecule has 1 atom stereocenters. The van der Waals surface area contributed by atoms with Crippen molar-refractivity contribution in [2.45, 2.75) is 25.9 Å². The Labute approximate surface area is 111 Å². The van der Waals surface area contributed by atoms with Crippen LogP contribution in [0.2, 0.25) is 0 Å². The number of aliphatic imine (C=N–C) groups is 1. The molecule has 1 saturated heterocycles. The second kappa shape index (κ2) is 8.32. The minimum absolute atomic E-state index is 0.264. The van der Waals surface area contributed by atoms with Crippen molar-refractivity contribution in [2.75, 3.05) is 53.9 Å². The summed E-state index contributed by atoms with van der Waals surface area (Å²) >= 11 is 0. The molecule has 1 heterocycles. The van der Waals surface area contributed by atoms with E-state index in [2.05, 4.69) is 41.1 Å². The van der Waals surface area contributed by atoms with Gasteiger partial charge in [-0.2, -0.15) is 0 Å². The van der Waals surface area contributed by atoms with Gasteiger partial charge in [0.1, 0.15) is 0 Å². The highest BCUT2D eigenvalue weighted by atomic mass is 16.5. The van der Waals surface area contributed by atoms with E-state index in [1.807, 2.05) is 7.05 Å². The van der Waals surface area contributed by atoms with Gasteiger partial charge in [0, 0.05) is 40.3 Å². The van der Waals surface area contributed by atoms with Gasteiger partial charge in [-0.25, -0.2) is 0 Å². The summed E-state index contributed by atoms with van der Waals surface area (Å²) in [5.74, 6) is 0.959. The van der Waals surface area contributed by atoms with Crippen LogP contribution in [0.3, 0.4) is 0 Å². The smallest absolute Gasteiger partial charge is 0.193 e. The van der Waals surface area contributed by atoms with Crippen LogP contribution in [0, 0.1) is 0 Å². The Morgan fingerprint density at radius 3 is 2.94 bits per heavy atom. The molecule has 0 aromatic rings. The molecule has 1 fully saturated rings. The van der Waals surface area contributed by atoms with Crippen LogP contribution >= 0.6 is 0 Å². The van der Waals surface area contributed by atoms with Crippen molar-refractivity contribution in [3.8, 4) is 0 Å². The molecule has 0 aromatic carbocycles. The Kier molecular flexibility index (Phi) is 7.05. The Hall–Kier alpha value is -0.810. The molecule has 0 aliphatic carbocycles. The molecule has 0 spiro atoms. The Morgan fingerprint density at radius 2 is 2.33 bits per heavy atom. The monoisotopic (exact) mass is 256 g/mol. The number of ether oxygens (including phenoxy) is 1. The number of likely N-dealkylation sites (N-methyl/N-ethyl adjacent to an activating group) is 1. The molecule has 1 rings (SSSR count). The van der Waals surface area contributed by atoms with E-state index in [4.69, 9.17) is 4.74 Å². The van der Waals surface area contributed by atoms with Crippen LogP contribution in [-0.4, -0.2) is 75.8 Å². The number of morpholine rings is 1. The Bertz CT molecular complexity index is 257. The quantitative estimate of drug-likeness (QED) is 0.578. The van der Waals surface area contributed by atoms with Gasteiger partial charge in [0.15, 0.2) is 5.96 Å². The number of hydrogen-bond donors (Lipinski definition) is 1. The van der Waals surface area contributed by atoms with Gasteiger partial charge in [-0.15, -0.1) is 0 Å². The summed E-state index contributed by atoms with van der Waals surface area (Å²) in [6.07, 6.45) is 2.66. The molecule has 0 amide bonds. The molecule has 18 heavy (non-hydrogen) atoms. The third-order valence-electron chi connectivity index (χ3n) is 3.25. The van der Waals surface area contributed by atoms with E-state index in [-0.39, 0.29) is 6.10 Å². The topological polar surface area (TPSA) is 40.1 Å². The number of hydrogen-bond acceptors (Lipinski definition) is 3. The maximum Gasteiger partial charge on any atom is 0.193 e. The van der Waals surface area contributed by atoms with Gasteiger partial charge in [-0.1, -0.05) is 13.3 Å². The molecule has 0 bridgehead atoms. The lowest BCUT2D eigenvalue weighted by atomic mass is 10.3. The molecule has 1 aliphatic heterocycles. The van der Waals surface area contributed by atoms with E-state index in [1.165, 1.54) is 12.8 Å². The van der Waals surface area contributed by atoms with E-state index in [0.717, 1.165) is 38.7 Å². The van der Waals surface area contributed by atoms with Crippen LogP contribution in [0.1, 0.15) is 19.8 Å². The molecule has 5 heteroatoms. The minimum Gasteiger partial charge on any atom is -0.374 e. The molecule has 0 radical (unpaired) electrons. The SMILES string of the molecule is CCCCN(C)C(=NC)NCC1CN(C)CCO1.